The van der Waals surface area contributed by atoms with Gasteiger partial charge in [-0.25, -0.2) is 0 Å². The molecule has 3 saturated carbocycles. The highest BCUT2D eigenvalue weighted by atomic mass is 16.5. The average molecular weight is 573 g/mol. The maximum Gasteiger partial charge on any atom is 0.234 e. The summed E-state index contributed by atoms with van der Waals surface area (Å²) in [7, 11) is 0. The Balaban J connectivity index is 1.08. The van der Waals surface area contributed by atoms with Crippen LogP contribution in [0.3, 0.4) is 0 Å². The highest BCUT2D eigenvalue weighted by Gasteiger charge is 2.62. The van der Waals surface area contributed by atoms with Gasteiger partial charge in [-0.3, -0.25) is 14.5 Å². The number of hydrogen-bond donors (Lipinski definition) is 1. The molecule has 10 atom stereocenters. The first kappa shape index (κ1) is 28.8. The molecule has 42 heavy (non-hydrogen) atoms. The summed E-state index contributed by atoms with van der Waals surface area (Å²) in [6.07, 6.45) is 11.0. The van der Waals surface area contributed by atoms with Crippen molar-refractivity contribution < 1.29 is 14.3 Å². The summed E-state index contributed by atoms with van der Waals surface area (Å²) >= 11 is 0. The van der Waals surface area contributed by atoms with E-state index < -0.39 is 0 Å². The van der Waals surface area contributed by atoms with E-state index in [1.807, 2.05) is 6.07 Å². The zero-order chi connectivity index (χ0) is 29.2. The molecule has 5 nitrogen and oxygen atoms in total. The molecule has 5 heteroatoms. The molecule has 1 aromatic rings. The van der Waals surface area contributed by atoms with Gasteiger partial charge in [0, 0.05) is 37.9 Å². The summed E-state index contributed by atoms with van der Waals surface area (Å²) in [6.45, 7) is 11.8. The third-order valence-electron chi connectivity index (χ3n) is 13.4. The molecular weight excluding hydrogens is 520 g/mol. The maximum atomic E-state index is 13.2. The third-order valence-corrected chi connectivity index (χ3v) is 13.4. The van der Waals surface area contributed by atoms with Crippen LogP contribution in [-0.4, -0.2) is 54.0 Å². The Hall–Kier alpha value is -1.98. The molecule has 1 N–H and O–H groups in total. The number of ketones is 1. The molecule has 228 valence electrons. The van der Waals surface area contributed by atoms with Gasteiger partial charge in [-0.15, -0.1) is 0 Å². The Morgan fingerprint density at radius 1 is 1.10 bits per heavy atom. The Bertz CT molecular complexity index is 1240. The van der Waals surface area contributed by atoms with Crippen molar-refractivity contribution in [1.82, 2.24) is 10.2 Å². The van der Waals surface area contributed by atoms with Crippen LogP contribution >= 0.6 is 0 Å². The van der Waals surface area contributed by atoms with Crippen LogP contribution in [-0.2, 0) is 20.7 Å². The predicted octanol–water partition coefficient (Wildman–Crippen LogP) is 6.36. The van der Waals surface area contributed by atoms with Gasteiger partial charge in [-0.2, -0.15) is 0 Å². The summed E-state index contributed by atoms with van der Waals surface area (Å²) in [6, 6.07) is 10.7. The van der Waals surface area contributed by atoms with Crippen molar-refractivity contribution in [2.24, 2.45) is 40.9 Å². The quantitative estimate of drug-likeness (QED) is 0.417. The van der Waals surface area contributed by atoms with Crippen molar-refractivity contribution in [1.29, 1.82) is 0 Å². The molecule has 4 aliphatic carbocycles. The summed E-state index contributed by atoms with van der Waals surface area (Å²) in [5.41, 5.74) is 4.66. The number of ether oxygens (including phenoxy) is 1. The molecular formula is C37H52N2O3. The first-order valence-corrected chi connectivity index (χ1v) is 17.1. The second kappa shape index (κ2) is 10.9. The lowest BCUT2D eigenvalue weighted by Gasteiger charge is -2.52. The third kappa shape index (κ3) is 4.64. The van der Waals surface area contributed by atoms with E-state index in [1.54, 1.807) is 11.1 Å². The van der Waals surface area contributed by atoms with Crippen molar-refractivity contribution in [3.63, 3.8) is 0 Å². The minimum atomic E-state index is -0.191. The van der Waals surface area contributed by atoms with E-state index in [0.717, 1.165) is 56.9 Å². The fourth-order valence-electron chi connectivity index (χ4n) is 11.3. The van der Waals surface area contributed by atoms with Gasteiger partial charge < -0.3 is 10.1 Å². The standard InChI is InChI=1S/C37H52N2O3/c1-23-18-33-35(39(21-23)22-34(41)38-17-14-26-8-6-5-7-9-26)25(3)37(42-33)16-13-29-30-11-10-27-19-28(40)12-15-36(27,4)32(30)20-31(29)24(37)2/h5-9,23,25,27,29-30,32-33,35H,10-22H2,1-4H3,(H,38,41). The number of hydrogen-bond acceptors (Lipinski definition) is 4. The number of amides is 1. The fraction of sp³-hybridized carbons (Fsp3) is 0.730. The number of fused-ring (bicyclic) bond motifs is 6. The Kier molecular flexibility index (Phi) is 7.45. The second-order valence-electron chi connectivity index (χ2n) is 15.5. The molecule has 10 unspecified atom stereocenters. The van der Waals surface area contributed by atoms with E-state index in [-0.39, 0.29) is 17.6 Å². The van der Waals surface area contributed by atoms with Crippen LogP contribution in [0.5, 0.6) is 0 Å². The van der Waals surface area contributed by atoms with Crippen LogP contribution in [0.2, 0.25) is 0 Å². The van der Waals surface area contributed by atoms with Gasteiger partial charge in [0.25, 0.3) is 0 Å². The van der Waals surface area contributed by atoms with E-state index in [2.05, 4.69) is 62.2 Å². The first-order chi connectivity index (χ1) is 20.2. The van der Waals surface area contributed by atoms with Gasteiger partial charge in [0.1, 0.15) is 5.78 Å². The zero-order valence-electron chi connectivity index (χ0n) is 26.4. The minimum absolute atomic E-state index is 0.138. The van der Waals surface area contributed by atoms with E-state index >= 15 is 0 Å². The van der Waals surface area contributed by atoms with Gasteiger partial charge in [0.15, 0.2) is 0 Å². The molecule has 6 aliphatic rings. The number of likely N-dealkylation sites (tertiary alicyclic amines) is 1. The Morgan fingerprint density at radius 3 is 2.71 bits per heavy atom. The Labute approximate surface area is 253 Å². The van der Waals surface area contributed by atoms with Crippen LogP contribution < -0.4 is 5.32 Å². The first-order valence-electron chi connectivity index (χ1n) is 17.1. The highest BCUT2D eigenvalue weighted by Crippen LogP contribution is 2.66. The summed E-state index contributed by atoms with van der Waals surface area (Å²) in [4.78, 5) is 28.0. The van der Waals surface area contributed by atoms with Crippen LogP contribution in [0, 0.1) is 40.9 Å². The number of carbonyl (C=O) groups is 2. The molecule has 2 heterocycles. The number of allylic oxidation sites excluding steroid dienone is 1. The van der Waals surface area contributed by atoms with Gasteiger partial charge in [0.05, 0.1) is 18.2 Å². The van der Waals surface area contributed by atoms with E-state index in [4.69, 9.17) is 4.74 Å². The largest absolute Gasteiger partial charge is 0.365 e. The normalized spacial score (nSPS) is 43.1. The Morgan fingerprint density at radius 2 is 1.90 bits per heavy atom. The lowest BCUT2D eigenvalue weighted by atomic mass is 9.52. The van der Waals surface area contributed by atoms with Crippen molar-refractivity contribution in [2.75, 3.05) is 19.6 Å². The van der Waals surface area contributed by atoms with Crippen LogP contribution in [0.15, 0.2) is 41.5 Å². The minimum Gasteiger partial charge on any atom is -0.365 e. The van der Waals surface area contributed by atoms with E-state index in [0.29, 0.717) is 54.0 Å². The maximum absolute atomic E-state index is 13.2. The van der Waals surface area contributed by atoms with Gasteiger partial charge in [-0.05, 0) is 104 Å². The van der Waals surface area contributed by atoms with Crippen LogP contribution in [0.25, 0.3) is 0 Å². The number of Topliss-reactive ketones (excluding diaryl/α,β-unsaturated/α-hetero) is 1. The van der Waals surface area contributed by atoms with Gasteiger partial charge in [-0.1, -0.05) is 56.7 Å². The molecule has 0 aromatic heterocycles. The molecule has 7 rings (SSSR count). The van der Waals surface area contributed by atoms with Gasteiger partial charge in [0.2, 0.25) is 5.91 Å². The summed E-state index contributed by atoms with van der Waals surface area (Å²) in [5.74, 6) is 4.35. The SMILES string of the molecule is CC1=C2CC3C(CCC4CC(=O)CCC43C)C2CCC12OC1CC(C)CN(CC(=O)NCCc3ccccc3)C1C2C. The summed E-state index contributed by atoms with van der Waals surface area (Å²) < 4.78 is 7.27. The topological polar surface area (TPSA) is 58.6 Å². The average Bonchev–Trinajstić information content (AvgIpc) is 3.48. The number of nitrogens with zero attached hydrogens (tertiary/aromatic N) is 1. The smallest absolute Gasteiger partial charge is 0.234 e. The molecule has 0 radical (unpaired) electrons. The molecule has 2 saturated heterocycles. The van der Waals surface area contributed by atoms with Crippen LogP contribution in [0.4, 0.5) is 0 Å². The predicted molar refractivity (Wildman–Crippen MR) is 166 cm³/mol. The number of nitrogens with one attached hydrogen (secondary N) is 1. The molecule has 0 bridgehead atoms. The van der Waals surface area contributed by atoms with Crippen molar-refractivity contribution in [3.8, 4) is 0 Å². The highest BCUT2D eigenvalue weighted by molar-refractivity contribution is 5.79. The van der Waals surface area contributed by atoms with Gasteiger partial charge >= 0.3 is 0 Å². The lowest BCUT2D eigenvalue weighted by molar-refractivity contribution is -0.130. The number of rotatable bonds is 5. The van der Waals surface area contributed by atoms with Crippen molar-refractivity contribution in [2.45, 2.75) is 110 Å². The molecule has 1 aromatic carbocycles. The number of piperidine rings is 1. The zero-order valence-corrected chi connectivity index (χ0v) is 26.4. The molecule has 1 amide bonds. The summed E-state index contributed by atoms with van der Waals surface area (Å²) in [5, 5.41) is 3.20. The van der Waals surface area contributed by atoms with E-state index in [1.165, 1.54) is 31.2 Å². The lowest BCUT2D eigenvalue weighted by Crippen LogP contribution is -2.55. The molecule has 5 fully saturated rings. The van der Waals surface area contributed by atoms with Crippen molar-refractivity contribution in [3.05, 3.63) is 47.0 Å². The van der Waals surface area contributed by atoms with E-state index in [9.17, 15) is 9.59 Å². The van der Waals surface area contributed by atoms with Crippen LogP contribution in [0.1, 0.15) is 91.0 Å². The molecule has 1 spiro atoms. The van der Waals surface area contributed by atoms with Crippen molar-refractivity contribution >= 4 is 11.7 Å². The number of carbonyl (C=O) groups excluding carboxylic acids is 2. The molecule has 2 aliphatic heterocycles. The number of benzene rings is 1. The second-order valence-corrected chi connectivity index (χ2v) is 15.5. The monoisotopic (exact) mass is 572 g/mol. The fourth-order valence-corrected chi connectivity index (χ4v) is 11.3.